The van der Waals surface area contributed by atoms with E-state index in [1.165, 1.54) is 19.2 Å². The third-order valence-electron chi connectivity index (χ3n) is 2.08. The quantitative estimate of drug-likeness (QED) is 0.632. The monoisotopic (exact) mass is 268 g/mol. The van der Waals surface area contributed by atoms with Crippen LogP contribution in [0.5, 0.6) is 5.75 Å². The molecule has 19 heavy (non-hydrogen) atoms. The van der Waals surface area contributed by atoms with Gasteiger partial charge in [-0.2, -0.15) is 0 Å². The van der Waals surface area contributed by atoms with Crippen LogP contribution < -0.4 is 4.74 Å². The van der Waals surface area contributed by atoms with Crippen molar-refractivity contribution in [3.05, 3.63) is 29.8 Å². The van der Waals surface area contributed by atoms with E-state index in [1.807, 2.05) is 0 Å². The topological polar surface area (TPSA) is 99.1 Å². The van der Waals surface area contributed by atoms with Gasteiger partial charge in [-0.15, -0.1) is 0 Å². The summed E-state index contributed by atoms with van der Waals surface area (Å²) < 4.78 is 4.91. The Morgan fingerprint density at radius 1 is 1.05 bits per heavy atom. The van der Waals surface area contributed by atoms with Gasteiger partial charge in [-0.25, -0.2) is 19.4 Å². The fraction of sp³-hybridized carbons (Fsp3) is 0.250. The lowest BCUT2D eigenvalue weighted by Gasteiger charge is -2.03. The van der Waals surface area contributed by atoms with E-state index < -0.39 is 17.9 Å². The van der Waals surface area contributed by atoms with Crippen molar-refractivity contribution in [3.63, 3.8) is 0 Å². The number of carbonyl (C=O) groups is 3. The van der Waals surface area contributed by atoms with Crippen LogP contribution in [0.15, 0.2) is 24.3 Å². The molecule has 0 radical (unpaired) electrons. The Bertz CT molecular complexity index is 463. The summed E-state index contributed by atoms with van der Waals surface area (Å²) in [5.41, 5.74) is 0.173. The molecular formula is C12H12O7. The van der Waals surface area contributed by atoms with Crippen molar-refractivity contribution in [2.45, 2.75) is 12.8 Å². The normalized spacial score (nSPS) is 9.53. The Morgan fingerprint density at radius 3 is 2.21 bits per heavy atom. The molecule has 0 spiro atoms. The summed E-state index contributed by atoms with van der Waals surface area (Å²) in [5, 5.41) is 8.34. The van der Waals surface area contributed by atoms with Crippen molar-refractivity contribution < 1.29 is 34.0 Å². The first-order valence-electron chi connectivity index (χ1n) is 5.30. The van der Waals surface area contributed by atoms with E-state index in [0.717, 1.165) is 0 Å². The standard InChI is InChI=1S/C12H12O7/c1-17-9-4-2-8(3-5-9)12(16)19-18-11(15)7-6-10(13)14/h2-5H,6-7H2,1H3,(H,13,14). The molecule has 0 unspecified atom stereocenters. The minimum absolute atomic E-state index is 0.173. The van der Waals surface area contributed by atoms with Crippen LogP contribution in [-0.4, -0.2) is 30.1 Å². The lowest BCUT2D eigenvalue weighted by Crippen LogP contribution is -2.12. The number of hydrogen-bond donors (Lipinski definition) is 1. The van der Waals surface area contributed by atoms with Crippen LogP contribution in [0, 0.1) is 0 Å². The fourth-order valence-corrected chi connectivity index (χ4v) is 1.11. The van der Waals surface area contributed by atoms with Crippen LogP contribution in [0.3, 0.4) is 0 Å². The second-order valence-electron chi connectivity index (χ2n) is 3.45. The van der Waals surface area contributed by atoms with E-state index in [0.29, 0.717) is 5.75 Å². The molecule has 0 atom stereocenters. The lowest BCUT2D eigenvalue weighted by atomic mass is 10.2. The van der Waals surface area contributed by atoms with Crippen LogP contribution >= 0.6 is 0 Å². The maximum atomic E-state index is 11.4. The molecule has 1 aromatic carbocycles. The lowest BCUT2D eigenvalue weighted by molar-refractivity contribution is -0.234. The number of rotatable bonds is 5. The van der Waals surface area contributed by atoms with Gasteiger partial charge in [0, 0.05) is 0 Å². The van der Waals surface area contributed by atoms with Crippen LogP contribution in [0.1, 0.15) is 23.2 Å². The second kappa shape index (κ2) is 7.00. The predicted molar refractivity (Wildman–Crippen MR) is 61.4 cm³/mol. The molecule has 0 saturated carbocycles. The predicted octanol–water partition coefficient (Wildman–Crippen LogP) is 1.17. The van der Waals surface area contributed by atoms with Crippen LogP contribution in [0.4, 0.5) is 0 Å². The summed E-state index contributed by atoms with van der Waals surface area (Å²) >= 11 is 0. The molecule has 0 heterocycles. The molecule has 0 saturated heterocycles. The van der Waals surface area contributed by atoms with Gasteiger partial charge in [0.2, 0.25) is 0 Å². The average Bonchev–Trinajstić information content (AvgIpc) is 2.42. The summed E-state index contributed by atoms with van der Waals surface area (Å²) in [4.78, 5) is 41.1. The highest BCUT2D eigenvalue weighted by Crippen LogP contribution is 2.12. The molecule has 0 amide bonds. The molecule has 0 aliphatic heterocycles. The second-order valence-corrected chi connectivity index (χ2v) is 3.45. The number of carboxylic acid groups (broad SMARTS) is 1. The number of hydrogen-bond acceptors (Lipinski definition) is 6. The van der Waals surface area contributed by atoms with Crippen molar-refractivity contribution >= 4 is 17.9 Å². The van der Waals surface area contributed by atoms with Gasteiger partial charge in [0.1, 0.15) is 5.75 Å². The maximum Gasteiger partial charge on any atom is 0.386 e. The Labute approximate surface area is 108 Å². The van der Waals surface area contributed by atoms with E-state index in [2.05, 4.69) is 9.78 Å². The maximum absolute atomic E-state index is 11.4. The van der Waals surface area contributed by atoms with Crippen molar-refractivity contribution in [2.75, 3.05) is 7.11 Å². The van der Waals surface area contributed by atoms with Gasteiger partial charge < -0.3 is 9.84 Å². The molecule has 7 heteroatoms. The van der Waals surface area contributed by atoms with E-state index in [4.69, 9.17) is 9.84 Å². The van der Waals surface area contributed by atoms with E-state index in [9.17, 15) is 14.4 Å². The van der Waals surface area contributed by atoms with Gasteiger partial charge >= 0.3 is 17.9 Å². The Hall–Kier alpha value is -2.57. The highest BCUT2D eigenvalue weighted by molar-refractivity contribution is 5.89. The Balaban J connectivity index is 2.42. The van der Waals surface area contributed by atoms with Crippen molar-refractivity contribution in [2.24, 2.45) is 0 Å². The summed E-state index contributed by atoms with van der Waals surface area (Å²) in [6, 6.07) is 5.96. The number of carboxylic acids is 1. The van der Waals surface area contributed by atoms with Crippen molar-refractivity contribution in [3.8, 4) is 5.75 Å². The van der Waals surface area contributed by atoms with Gasteiger partial charge in [-0.3, -0.25) is 4.79 Å². The molecular weight excluding hydrogens is 256 g/mol. The molecule has 1 rings (SSSR count). The first-order valence-corrected chi connectivity index (χ1v) is 5.30. The van der Waals surface area contributed by atoms with Crippen LogP contribution in [-0.2, 0) is 19.4 Å². The highest BCUT2D eigenvalue weighted by Gasteiger charge is 2.13. The Kier molecular flexibility index (Phi) is 5.34. The SMILES string of the molecule is COc1ccc(C(=O)OOC(=O)CCC(=O)O)cc1. The summed E-state index contributed by atoms with van der Waals surface area (Å²) in [6.45, 7) is 0. The highest BCUT2D eigenvalue weighted by atomic mass is 17.2. The summed E-state index contributed by atoms with van der Waals surface area (Å²) in [5.74, 6) is -2.36. The minimum Gasteiger partial charge on any atom is -0.497 e. The van der Waals surface area contributed by atoms with Gasteiger partial charge in [0.05, 0.1) is 25.5 Å². The molecule has 1 N–H and O–H groups in total. The van der Waals surface area contributed by atoms with Gasteiger partial charge in [0.25, 0.3) is 0 Å². The third kappa shape index (κ3) is 5.07. The number of carbonyl (C=O) groups excluding carboxylic acids is 2. The number of aliphatic carboxylic acids is 1. The number of methoxy groups -OCH3 is 1. The van der Waals surface area contributed by atoms with Crippen molar-refractivity contribution in [1.29, 1.82) is 0 Å². The molecule has 0 bridgehead atoms. The molecule has 0 fully saturated rings. The zero-order valence-corrected chi connectivity index (χ0v) is 10.1. The molecule has 0 aromatic heterocycles. The molecule has 102 valence electrons. The summed E-state index contributed by atoms with van der Waals surface area (Å²) in [7, 11) is 1.48. The van der Waals surface area contributed by atoms with E-state index in [-0.39, 0.29) is 18.4 Å². The first kappa shape index (κ1) is 14.5. The van der Waals surface area contributed by atoms with Gasteiger partial charge in [-0.1, -0.05) is 0 Å². The fourth-order valence-electron chi connectivity index (χ4n) is 1.11. The zero-order chi connectivity index (χ0) is 14.3. The smallest absolute Gasteiger partial charge is 0.386 e. The van der Waals surface area contributed by atoms with E-state index in [1.54, 1.807) is 12.1 Å². The largest absolute Gasteiger partial charge is 0.497 e. The third-order valence-corrected chi connectivity index (χ3v) is 2.08. The van der Waals surface area contributed by atoms with Crippen molar-refractivity contribution in [1.82, 2.24) is 0 Å². The summed E-state index contributed by atoms with van der Waals surface area (Å²) in [6.07, 6.45) is -0.760. The van der Waals surface area contributed by atoms with E-state index >= 15 is 0 Å². The molecule has 0 aliphatic rings. The average molecular weight is 268 g/mol. The Morgan fingerprint density at radius 2 is 1.68 bits per heavy atom. The zero-order valence-electron chi connectivity index (χ0n) is 10.1. The molecule has 0 aliphatic carbocycles. The first-order chi connectivity index (χ1) is 9.02. The van der Waals surface area contributed by atoms with Crippen LogP contribution in [0.25, 0.3) is 0 Å². The van der Waals surface area contributed by atoms with Gasteiger partial charge in [-0.05, 0) is 24.3 Å². The number of benzene rings is 1. The van der Waals surface area contributed by atoms with Crippen LogP contribution in [0.2, 0.25) is 0 Å². The molecule has 1 aromatic rings. The van der Waals surface area contributed by atoms with Gasteiger partial charge in [0.15, 0.2) is 0 Å². The molecule has 7 nitrogen and oxygen atoms in total. The minimum atomic E-state index is -1.14. The number of ether oxygens (including phenoxy) is 1.